The molecule has 0 saturated heterocycles. The predicted octanol–water partition coefficient (Wildman–Crippen LogP) is 10.9. The highest BCUT2D eigenvalue weighted by atomic mass is 15.3. The van der Waals surface area contributed by atoms with E-state index < -0.39 is 0 Å². The van der Waals surface area contributed by atoms with Crippen LogP contribution in [0.4, 0.5) is 68.2 Å². The summed E-state index contributed by atoms with van der Waals surface area (Å²) >= 11 is 0. The van der Waals surface area contributed by atoms with E-state index in [1.807, 2.05) is 12.1 Å². The first-order valence-corrected chi connectivity index (χ1v) is 18.6. The zero-order chi connectivity index (χ0) is 36.5. The number of hydrogen-bond acceptors (Lipinski definition) is 5. The number of rotatable bonds is 4. The fourth-order valence-electron chi connectivity index (χ4n) is 8.93. The average Bonchev–Trinajstić information content (AvgIpc) is 3.26. The van der Waals surface area contributed by atoms with Crippen LogP contribution in [0, 0.1) is 11.3 Å². The molecule has 5 nitrogen and oxygen atoms in total. The molecule has 8 aromatic rings. The van der Waals surface area contributed by atoms with Crippen LogP contribution in [0.1, 0.15) is 5.56 Å². The number of hydrogen-bond donors (Lipinski definition) is 0. The number of benzene rings is 8. The molecular formula is C49H32BN5. The van der Waals surface area contributed by atoms with Crippen molar-refractivity contribution >= 4 is 91.3 Å². The van der Waals surface area contributed by atoms with Gasteiger partial charge in [0.1, 0.15) is 0 Å². The molecule has 0 atom stereocenters. The van der Waals surface area contributed by atoms with Crippen molar-refractivity contribution in [1.29, 1.82) is 5.26 Å². The van der Waals surface area contributed by atoms with Crippen molar-refractivity contribution in [3.63, 3.8) is 0 Å². The standard InChI is InChI=1S/C49H32BN5/c51-33-34-28-30-38(31-29-34)53-43-26-14-15-27-44(43)55(37-20-8-3-9-21-37)48-46(53)32-45-47-49(48)54(36-18-6-2-7-19-36)42-25-13-11-23-40(42)50(47)39-22-10-12-24-41(39)52(45)35-16-4-1-5-17-35/h1-32H. The summed E-state index contributed by atoms with van der Waals surface area (Å²) in [5.41, 5.74) is 17.5. The Bertz CT molecular complexity index is 2790. The first-order chi connectivity index (χ1) is 27.3. The molecule has 3 heterocycles. The van der Waals surface area contributed by atoms with E-state index in [1.54, 1.807) is 0 Å². The van der Waals surface area contributed by atoms with Crippen molar-refractivity contribution < 1.29 is 0 Å². The molecule has 0 aromatic heterocycles. The second-order valence-electron chi connectivity index (χ2n) is 14.1. The summed E-state index contributed by atoms with van der Waals surface area (Å²) in [5.74, 6) is 0. The topological polar surface area (TPSA) is 36.8 Å². The molecule has 11 rings (SSSR count). The fourth-order valence-corrected chi connectivity index (χ4v) is 8.93. The molecule has 0 spiro atoms. The molecule has 0 amide bonds. The van der Waals surface area contributed by atoms with Gasteiger partial charge in [0.15, 0.2) is 0 Å². The van der Waals surface area contributed by atoms with E-state index in [0.29, 0.717) is 5.56 Å². The molecule has 0 saturated carbocycles. The Kier molecular flexibility index (Phi) is 6.95. The maximum absolute atomic E-state index is 9.80. The van der Waals surface area contributed by atoms with E-state index in [-0.39, 0.29) is 6.71 Å². The van der Waals surface area contributed by atoms with E-state index >= 15 is 0 Å². The van der Waals surface area contributed by atoms with E-state index in [2.05, 4.69) is 208 Å². The lowest BCUT2D eigenvalue weighted by Crippen LogP contribution is -2.61. The lowest BCUT2D eigenvalue weighted by molar-refractivity contribution is 1.15. The van der Waals surface area contributed by atoms with Gasteiger partial charge in [-0.25, -0.2) is 0 Å². The number of anilines is 12. The Morgan fingerprint density at radius 3 is 1.29 bits per heavy atom. The second kappa shape index (κ2) is 12.3. The number of para-hydroxylation sites is 7. The molecule has 0 unspecified atom stereocenters. The van der Waals surface area contributed by atoms with Gasteiger partial charge in [-0.1, -0.05) is 103 Å². The van der Waals surface area contributed by atoms with E-state index in [4.69, 9.17) is 0 Å². The van der Waals surface area contributed by atoms with Crippen LogP contribution in [-0.4, -0.2) is 6.71 Å². The summed E-state index contributed by atoms with van der Waals surface area (Å²) < 4.78 is 0. The number of nitriles is 1. The Morgan fingerprint density at radius 2 is 0.745 bits per heavy atom. The Morgan fingerprint density at radius 1 is 0.345 bits per heavy atom. The second-order valence-corrected chi connectivity index (χ2v) is 14.1. The van der Waals surface area contributed by atoms with Crippen molar-refractivity contribution in [1.82, 2.24) is 0 Å². The van der Waals surface area contributed by atoms with E-state index in [9.17, 15) is 5.26 Å². The minimum Gasteiger partial charge on any atom is -0.311 e. The van der Waals surface area contributed by atoms with Gasteiger partial charge in [0, 0.05) is 39.8 Å². The molecule has 3 aliphatic rings. The third kappa shape index (κ3) is 4.60. The van der Waals surface area contributed by atoms with Crippen LogP contribution < -0.4 is 36.0 Å². The van der Waals surface area contributed by atoms with Crippen molar-refractivity contribution in [3.8, 4) is 6.07 Å². The van der Waals surface area contributed by atoms with Crippen LogP contribution in [-0.2, 0) is 0 Å². The Labute approximate surface area is 320 Å². The monoisotopic (exact) mass is 701 g/mol. The highest BCUT2D eigenvalue weighted by molar-refractivity contribution is 7.00. The largest absolute Gasteiger partial charge is 0.311 e. The number of nitrogens with zero attached hydrogens (tertiary/aromatic N) is 5. The molecule has 0 fully saturated rings. The van der Waals surface area contributed by atoms with Gasteiger partial charge in [-0.2, -0.15) is 5.26 Å². The van der Waals surface area contributed by atoms with Crippen LogP contribution in [0.15, 0.2) is 194 Å². The van der Waals surface area contributed by atoms with Gasteiger partial charge in [0.05, 0.1) is 40.1 Å². The summed E-state index contributed by atoms with van der Waals surface area (Å²) in [7, 11) is 0. The van der Waals surface area contributed by atoms with Crippen LogP contribution in [0.2, 0.25) is 0 Å². The van der Waals surface area contributed by atoms with Gasteiger partial charge in [-0.15, -0.1) is 0 Å². The SMILES string of the molecule is N#Cc1ccc(N2c3ccccc3N(c3ccccc3)c3c2cc2c4c3N(c3ccccc3)c3ccccc3B4c3ccccc3N2c2ccccc2)cc1. The molecule has 8 aromatic carbocycles. The highest BCUT2D eigenvalue weighted by Gasteiger charge is 2.47. The summed E-state index contributed by atoms with van der Waals surface area (Å²) in [6.45, 7) is -0.0271. The van der Waals surface area contributed by atoms with Crippen LogP contribution in [0.5, 0.6) is 0 Å². The first kappa shape index (κ1) is 31.1. The minimum absolute atomic E-state index is 0.0271. The first-order valence-electron chi connectivity index (χ1n) is 18.6. The van der Waals surface area contributed by atoms with Gasteiger partial charge < -0.3 is 19.6 Å². The van der Waals surface area contributed by atoms with E-state index in [1.165, 1.54) is 22.1 Å². The van der Waals surface area contributed by atoms with Gasteiger partial charge >= 0.3 is 0 Å². The van der Waals surface area contributed by atoms with Crippen molar-refractivity contribution in [2.24, 2.45) is 0 Å². The summed E-state index contributed by atoms with van der Waals surface area (Å²) in [6, 6.07) is 71.4. The molecule has 0 bridgehead atoms. The van der Waals surface area contributed by atoms with Gasteiger partial charge in [-0.3, -0.25) is 0 Å². The molecule has 6 heteroatoms. The fraction of sp³-hybridized carbons (Fsp3) is 0. The zero-order valence-corrected chi connectivity index (χ0v) is 29.8. The third-order valence-corrected chi connectivity index (χ3v) is 11.1. The lowest BCUT2D eigenvalue weighted by Gasteiger charge is -2.49. The Balaban J connectivity index is 1.35. The predicted molar refractivity (Wildman–Crippen MR) is 228 cm³/mol. The Hall–Kier alpha value is -7.49. The molecule has 55 heavy (non-hydrogen) atoms. The van der Waals surface area contributed by atoms with E-state index in [0.717, 1.165) is 62.6 Å². The lowest BCUT2D eigenvalue weighted by atomic mass is 9.33. The molecule has 256 valence electrons. The zero-order valence-electron chi connectivity index (χ0n) is 29.8. The summed E-state index contributed by atoms with van der Waals surface area (Å²) in [5, 5.41) is 9.80. The van der Waals surface area contributed by atoms with Crippen LogP contribution >= 0.6 is 0 Å². The molecule has 0 aliphatic carbocycles. The maximum Gasteiger partial charge on any atom is 0.252 e. The van der Waals surface area contributed by atoms with Gasteiger partial charge in [0.2, 0.25) is 0 Å². The molecule has 0 N–H and O–H groups in total. The van der Waals surface area contributed by atoms with Crippen molar-refractivity contribution in [2.75, 3.05) is 19.6 Å². The van der Waals surface area contributed by atoms with Gasteiger partial charge in [-0.05, 0) is 107 Å². The third-order valence-electron chi connectivity index (χ3n) is 11.1. The smallest absolute Gasteiger partial charge is 0.252 e. The molecular weight excluding hydrogens is 669 g/mol. The molecule has 0 radical (unpaired) electrons. The van der Waals surface area contributed by atoms with Crippen LogP contribution in [0.3, 0.4) is 0 Å². The number of fused-ring (bicyclic) bond motifs is 7. The van der Waals surface area contributed by atoms with Crippen molar-refractivity contribution in [3.05, 3.63) is 200 Å². The highest BCUT2D eigenvalue weighted by Crippen LogP contribution is 2.60. The van der Waals surface area contributed by atoms with Crippen LogP contribution in [0.25, 0.3) is 0 Å². The quantitative estimate of drug-likeness (QED) is 0.171. The average molecular weight is 702 g/mol. The molecule has 3 aliphatic heterocycles. The summed E-state index contributed by atoms with van der Waals surface area (Å²) in [4.78, 5) is 9.77. The normalized spacial score (nSPS) is 13.3. The van der Waals surface area contributed by atoms with Gasteiger partial charge in [0.25, 0.3) is 6.71 Å². The minimum atomic E-state index is -0.0271. The maximum atomic E-state index is 9.80. The van der Waals surface area contributed by atoms with Crippen molar-refractivity contribution in [2.45, 2.75) is 0 Å². The summed E-state index contributed by atoms with van der Waals surface area (Å²) in [6.07, 6.45) is 0.